The van der Waals surface area contributed by atoms with Crippen LogP contribution < -0.4 is 15.4 Å². The van der Waals surface area contributed by atoms with Gasteiger partial charge in [-0.05, 0) is 46.7 Å². The molecule has 0 radical (unpaired) electrons. The predicted molar refractivity (Wildman–Crippen MR) is 185 cm³/mol. The quantitative estimate of drug-likeness (QED) is 0.135. The van der Waals surface area contributed by atoms with Crippen LogP contribution in [0.4, 0.5) is 13.6 Å². The molecule has 264 valence electrons. The van der Waals surface area contributed by atoms with Gasteiger partial charge in [0.2, 0.25) is 5.91 Å². The number of carbonyl (C=O) groups is 3. The van der Waals surface area contributed by atoms with Gasteiger partial charge in [0.05, 0.1) is 6.04 Å². The molecule has 0 aliphatic heterocycles. The van der Waals surface area contributed by atoms with Crippen LogP contribution in [0.15, 0.2) is 115 Å². The molecule has 0 aliphatic carbocycles. The van der Waals surface area contributed by atoms with E-state index in [0.29, 0.717) is 23.5 Å². The standard InChI is InChI=1S/C39H43F2N3O6/c1-27(2)34(43-38(48)50-26-31-17-11-6-12-18-31)36(46)42-33(23-28-19-21-32(22-20-28)49-25-30-15-9-5-10-16-30)35(45)39(40,41)37(47)44(3)24-29-13-7-4-8-14-29/h4-22,27,33-35,45H,23-26H2,1-3H3,(H,42,46)(H,43,48)/t33?,34-,35?/m0/s1. The number of hydrogen-bond acceptors (Lipinski definition) is 6. The molecule has 2 unspecified atom stereocenters. The summed E-state index contributed by atoms with van der Waals surface area (Å²) in [5, 5.41) is 16.2. The highest BCUT2D eigenvalue weighted by atomic mass is 19.3. The molecular formula is C39H43F2N3O6. The van der Waals surface area contributed by atoms with Crippen LogP contribution >= 0.6 is 0 Å². The Kier molecular flexibility index (Phi) is 13.4. The van der Waals surface area contributed by atoms with Crippen LogP contribution in [0.2, 0.25) is 0 Å². The minimum absolute atomic E-state index is 0.0453. The Balaban J connectivity index is 1.50. The number of alkyl carbamates (subject to hydrolysis) is 1. The maximum atomic E-state index is 15.8. The molecule has 3 N–H and O–H groups in total. The Morgan fingerprint density at radius 2 is 1.26 bits per heavy atom. The first-order valence-corrected chi connectivity index (χ1v) is 16.3. The highest BCUT2D eigenvalue weighted by molar-refractivity contribution is 5.87. The van der Waals surface area contributed by atoms with E-state index in [2.05, 4.69) is 10.6 Å². The molecule has 0 aromatic heterocycles. The van der Waals surface area contributed by atoms with Gasteiger partial charge in [-0.25, -0.2) is 4.79 Å². The molecule has 11 heteroatoms. The largest absolute Gasteiger partial charge is 0.489 e. The van der Waals surface area contributed by atoms with Gasteiger partial charge in [-0.3, -0.25) is 9.59 Å². The normalized spacial score (nSPS) is 13.1. The number of nitrogens with one attached hydrogen (secondary N) is 2. The summed E-state index contributed by atoms with van der Waals surface area (Å²) in [6.45, 7) is 3.49. The van der Waals surface area contributed by atoms with Crippen molar-refractivity contribution in [1.29, 1.82) is 0 Å². The number of ether oxygens (including phenoxy) is 2. The molecule has 4 aromatic rings. The molecule has 0 bridgehead atoms. The fourth-order valence-corrected chi connectivity index (χ4v) is 5.22. The zero-order chi connectivity index (χ0) is 36.1. The summed E-state index contributed by atoms with van der Waals surface area (Å²) in [7, 11) is 1.22. The van der Waals surface area contributed by atoms with Crippen molar-refractivity contribution in [3.8, 4) is 5.75 Å². The summed E-state index contributed by atoms with van der Waals surface area (Å²) in [5.41, 5.74) is 2.80. The van der Waals surface area contributed by atoms with Crippen LogP contribution in [0, 0.1) is 5.92 Å². The number of benzene rings is 4. The van der Waals surface area contributed by atoms with E-state index in [1.54, 1.807) is 92.7 Å². The fraction of sp³-hybridized carbons (Fsp3) is 0.308. The Labute approximate surface area is 291 Å². The first kappa shape index (κ1) is 37.5. The number of aliphatic hydroxyl groups is 1. The third-order valence-electron chi connectivity index (χ3n) is 8.04. The average Bonchev–Trinajstić information content (AvgIpc) is 3.12. The number of carbonyl (C=O) groups excluding carboxylic acids is 3. The second-order valence-corrected chi connectivity index (χ2v) is 12.4. The smallest absolute Gasteiger partial charge is 0.408 e. The minimum Gasteiger partial charge on any atom is -0.489 e. The molecule has 0 aliphatic rings. The summed E-state index contributed by atoms with van der Waals surface area (Å²) in [4.78, 5) is 40.2. The molecule has 0 saturated heterocycles. The van der Waals surface area contributed by atoms with E-state index in [1.807, 2.05) is 36.4 Å². The van der Waals surface area contributed by atoms with E-state index in [9.17, 15) is 19.5 Å². The predicted octanol–water partition coefficient (Wildman–Crippen LogP) is 5.90. The lowest BCUT2D eigenvalue weighted by atomic mass is 9.95. The lowest BCUT2D eigenvalue weighted by molar-refractivity contribution is -0.178. The maximum absolute atomic E-state index is 15.8. The number of alkyl halides is 2. The van der Waals surface area contributed by atoms with Crippen LogP contribution in [0.3, 0.4) is 0 Å². The van der Waals surface area contributed by atoms with Crippen molar-refractivity contribution in [2.45, 2.75) is 64.1 Å². The first-order valence-electron chi connectivity index (χ1n) is 16.3. The average molecular weight is 688 g/mol. The van der Waals surface area contributed by atoms with Crippen molar-refractivity contribution < 1.29 is 37.7 Å². The van der Waals surface area contributed by atoms with Gasteiger partial charge in [0.25, 0.3) is 5.91 Å². The lowest BCUT2D eigenvalue weighted by Gasteiger charge is -2.33. The first-order chi connectivity index (χ1) is 23.9. The van der Waals surface area contributed by atoms with E-state index in [-0.39, 0.29) is 19.6 Å². The molecule has 0 saturated carbocycles. The summed E-state index contributed by atoms with van der Waals surface area (Å²) < 4.78 is 42.7. The van der Waals surface area contributed by atoms with Crippen molar-refractivity contribution in [2.75, 3.05) is 7.05 Å². The van der Waals surface area contributed by atoms with Gasteiger partial charge in [-0.15, -0.1) is 0 Å². The van der Waals surface area contributed by atoms with Crippen molar-refractivity contribution in [2.24, 2.45) is 5.92 Å². The summed E-state index contributed by atoms with van der Waals surface area (Å²) in [6, 6.07) is 30.8. The van der Waals surface area contributed by atoms with Gasteiger partial charge in [-0.1, -0.05) is 117 Å². The molecule has 3 amide bonds. The summed E-state index contributed by atoms with van der Waals surface area (Å²) in [5.74, 6) is -6.68. The van der Waals surface area contributed by atoms with E-state index in [4.69, 9.17) is 9.47 Å². The molecule has 4 rings (SSSR count). The number of hydrogen-bond donors (Lipinski definition) is 3. The molecule has 9 nitrogen and oxygen atoms in total. The van der Waals surface area contributed by atoms with Crippen molar-refractivity contribution >= 4 is 17.9 Å². The molecule has 50 heavy (non-hydrogen) atoms. The van der Waals surface area contributed by atoms with Gasteiger partial charge in [0, 0.05) is 13.6 Å². The molecule has 0 heterocycles. The lowest BCUT2D eigenvalue weighted by Crippen LogP contribution is -2.61. The van der Waals surface area contributed by atoms with Crippen LogP contribution in [-0.2, 0) is 40.5 Å². The zero-order valence-electron chi connectivity index (χ0n) is 28.3. The van der Waals surface area contributed by atoms with Crippen LogP contribution in [0.5, 0.6) is 5.75 Å². The molecule has 4 aromatic carbocycles. The fourth-order valence-electron chi connectivity index (χ4n) is 5.22. The van der Waals surface area contributed by atoms with Crippen molar-refractivity contribution in [1.82, 2.24) is 15.5 Å². The zero-order valence-corrected chi connectivity index (χ0v) is 28.3. The maximum Gasteiger partial charge on any atom is 0.408 e. The third-order valence-corrected chi connectivity index (χ3v) is 8.04. The van der Waals surface area contributed by atoms with Gasteiger partial charge in [-0.2, -0.15) is 8.78 Å². The van der Waals surface area contributed by atoms with E-state index < -0.39 is 47.9 Å². The Bertz CT molecular complexity index is 1660. The second kappa shape index (κ2) is 17.9. The van der Waals surface area contributed by atoms with Gasteiger partial charge < -0.3 is 30.1 Å². The van der Waals surface area contributed by atoms with Crippen molar-refractivity contribution in [3.05, 3.63) is 138 Å². The number of rotatable bonds is 16. The summed E-state index contributed by atoms with van der Waals surface area (Å²) in [6.07, 6.45) is -3.77. The second-order valence-electron chi connectivity index (χ2n) is 12.4. The van der Waals surface area contributed by atoms with Crippen LogP contribution in [0.1, 0.15) is 36.1 Å². The topological polar surface area (TPSA) is 117 Å². The molecule has 0 fully saturated rings. The van der Waals surface area contributed by atoms with E-state index in [1.165, 1.54) is 7.05 Å². The SMILES string of the molecule is CC(C)[C@H](NC(=O)OCc1ccccc1)C(=O)NC(Cc1ccc(OCc2ccccc2)cc1)C(O)C(F)(F)C(=O)N(C)Cc1ccccc1. The minimum atomic E-state index is -4.28. The molecule has 3 atom stereocenters. The van der Waals surface area contributed by atoms with E-state index >= 15 is 8.78 Å². The number of halogens is 2. The number of nitrogens with zero attached hydrogens (tertiary/aromatic N) is 1. The van der Waals surface area contributed by atoms with Gasteiger partial charge in [0.15, 0.2) is 0 Å². The van der Waals surface area contributed by atoms with Crippen molar-refractivity contribution in [3.63, 3.8) is 0 Å². The monoisotopic (exact) mass is 687 g/mol. The Morgan fingerprint density at radius 3 is 1.80 bits per heavy atom. The molecule has 0 spiro atoms. The Hall–Kier alpha value is -5.29. The van der Waals surface area contributed by atoms with Gasteiger partial charge >= 0.3 is 12.0 Å². The molecular weight excluding hydrogens is 644 g/mol. The van der Waals surface area contributed by atoms with Crippen LogP contribution in [-0.4, -0.2) is 59.1 Å². The third kappa shape index (κ3) is 10.9. The highest BCUT2D eigenvalue weighted by Crippen LogP contribution is 2.27. The number of aliphatic hydroxyl groups excluding tert-OH is 1. The number of amides is 3. The van der Waals surface area contributed by atoms with E-state index in [0.717, 1.165) is 16.0 Å². The van der Waals surface area contributed by atoms with Crippen LogP contribution in [0.25, 0.3) is 0 Å². The highest BCUT2D eigenvalue weighted by Gasteiger charge is 2.52. The Morgan fingerprint density at radius 1 is 0.740 bits per heavy atom. The summed E-state index contributed by atoms with van der Waals surface area (Å²) >= 11 is 0. The van der Waals surface area contributed by atoms with Gasteiger partial charge in [0.1, 0.15) is 31.1 Å².